The van der Waals surface area contributed by atoms with Crippen molar-refractivity contribution in [1.82, 2.24) is 9.80 Å². The summed E-state index contributed by atoms with van der Waals surface area (Å²) in [5.41, 5.74) is 3.13. The molecule has 1 aliphatic rings. The van der Waals surface area contributed by atoms with Crippen molar-refractivity contribution in [2.24, 2.45) is 0 Å². The van der Waals surface area contributed by atoms with Crippen molar-refractivity contribution in [3.05, 3.63) is 65.8 Å². The number of benzene rings is 2. The summed E-state index contributed by atoms with van der Waals surface area (Å²) in [5, 5.41) is 0.196. The highest BCUT2D eigenvalue weighted by atomic mass is 127. The van der Waals surface area contributed by atoms with Gasteiger partial charge in [0.2, 0.25) is 0 Å². The molecule has 0 aliphatic carbocycles. The topological polar surface area (TPSA) is 49.9 Å². The second-order valence-electron chi connectivity index (χ2n) is 6.66. The maximum atomic E-state index is 12.5. The van der Waals surface area contributed by atoms with E-state index in [1.165, 1.54) is 15.4 Å². The number of aryl methyl sites for hydroxylation is 1. The summed E-state index contributed by atoms with van der Waals surface area (Å²) < 4.78 is 7.85. The van der Waals surface area contributed by atoms with Gasteiger partial charge in [0, 0.05) is 14.1 Å². The minimum atomic E-state index is -0.400. The standard InChI is InChI=1S/C21H18I2N2O3S/c1-12-5-4-6-13(7-12)11-28-18-16(22)9-14(10-17(18)23)8-15-19(26)24(2)21(29)25(3)20(15)27/h4-10H,11H2,1-3H3. The fourth-order valence-electron chi connectivity index (χ4n) is 2.90. The fourth-order valence-corrected chi connectivity index (χ4v) is 5.19. The number of halogens is 2. The summed E-state index contributed by atoms with van der Waals surface area (Å²) >= 11 is 9.54. The first-order valence-electron chi connectivity index (χ1n) is 8.68. The lowest BCUT2D eigenvalue weighted by molar-refractivity contribution is -0.132. The molecule has 2 aromatic carbocycles. The zero-order chi connectivity index (χ0) is 21.3. The maximum absolute atomic E-state index is 12.5. The highest BCUT2D eigenvalue weighted by Crippen LogP contribution is 2.31. The van der Waals surface area contributed by atoms with Crippen molar-refractivity contribution < 1.29 is 14.3 Å². The highest BCUT2D eigenvalue weighted by molar-refractivity contribution is 14.1. The molecule has 1 saturated heterocycles. The first-order chi connectivity index (χ1) is 13.7. The number of thiocarbonyl (C=S) groups is 1. The third-order valence-corrected chi connectivity index (χ3v) is 6.59. The van der Waals surface area contributed by atoms with Gasteiger partial charge >= 0.3 is 0 Å². The van der Waals surface area contributed by atoms with Crippen LogP contribution < -0.4 is 4.74 Å². The summed E-state index contributed by atoms with van der Waals surface area (Å²) in [4.78, 5) is 27.6. The molecule has 2 aromatic rings. The van der Waals surface area contributed by atoms with Crippen LogP contribution in [0.25, 0.3) is 6.08 Å². The Bertz CT molecular complexity index is 1000. The number of rotatable bonds is 4. The van der Waals surface area contributed by atoms with Crippen LogP contribution in [0.15, 0.2) is 42.0 Å². The molecule has 0 bridgehead atoms. The molecule has 0 radical (unpaired) electrons. The molecule has 29 heavy (non-hydrogen) atoms. The van der Waals surface area contributed by atoms with Gasteiger partial charge in [-0.1, -0.05) is 29.8 Å². The number of hydrogen-bond donors (Lipinski definition) is 0. The van der Waals surface area contributed by atoms with Crippen LogP contribution in [0, 0.1) is 14.1 Å². The van der Waals surface area contributed by atoms with E-state index in [0.29, 0.717) is 6.61 Å². The summed E-state index contributed by atoms with van der Waals surface area (Å²) in [7, 11) is 3.13. The number of nitrogens with zero attached hydrogens (tertiary/aromatic N) is 2. The van der Waals surface area contributed by atoms with Gasteiger partial charge in [0.15, 0.2) is 5.11 Å². The lowest BCUT2D eigenvalue weighted by Gasteiger charge is -2.31. The third kappa shape index (κ3) is 4.80. The van der Waals surface area contributed by atoms with Crippen LogP contribution >= 0.6 is 57.4 Å². The van der Waals surface area contributed by atoms with Crippen LogP contribution in [0.1, 0.15) is 16.7 Å². The number of likely N-dealkylation sites (N-methyl/N-ethyl adjacent to an activating group) is 2. The molecule has 3 rings (SSSR count). The summed E-state index contributed by atoms with van der Waals surface area (Å²) in [6.45, 7) is 2.52. The van der Waals surface area contributed by atoms with Crippen LogP contribution in [0.3, 0.4) is 0 Å². The first-order valence-corrected chi connectivity index (χ1v) is 11.2. The summed E-state index contributed by atoms with van der Waals surface area (Å²) in [5.74, 6) is -0.0163. The SMILES string of the molecule is Cc1cccc(COc2c(I)cc(C=C3C(=O)N(C)C(=S)N(C)C3=O)cc2I)c1. The second-order valence-corrected chi connectivity index (χ2v) is 9.35. The molecule has 8 heteroatoms. The van der Waals surface area contributed by atoms with Gasteiger partial charge in [0.05, 0.1) is 7.14 Å². The van der Waals surface area contributed by atoms with Gasteiger partial charge in [-0.3, -0.25) is 19.4 Å². The third-order valence-electron chi connectivity index (χ3n) is 4.44. The van der Waals surface area contributed by atoms with Gasteiger partial charge in [0.25, 0.3) is 11.8 Å². The van der Waals surface area contributed by atoms with E-state index in [4.69, 9.17) is 17.0 Å². The van der Waals surface area contributed by atoms with Gasteiger partial charge in [-0.05, 0) is 93.7 Å². The van der Waals surface area contributed by atoms with E-state index in [9.17, 15) is 9.59 Å². The molecule has 150 valence electrons. The minimum absolute atomic E-state index is 0.0867. The Kier molecular flexibility index (Phi) is 6.94. The van der Waals surface area contributed by atoms with E-state index in [1.807, 2.05) is 24.3 Å². The Labute approximate surface area is 202 Å². The van der Waals surface area contributed by atoms with Gasteiger partial charge in [-0.2, -0.15) is 0 Å². The number of amides is 2. The minimum Gasteiger partial charge on any atom is -0.487 e. The van der Waals surface area contributed by atoms with Crippen LogP contribution in [-0.4, -0.2) is 40.8 Å². The molecule has 0 saturated carbocycles. The van der Waals surface area contributed by atoms with Crippen molar-refractivity contribution in [3.63, 3.8) is 0 Å². The number of hydrogen-bond acceptors (Lipinski definition) is 4. The van der Waals surface area contributed by atoms with E-state index in [1.54, 1.807) is 20.2 Å². The number of carbonyl (C=O) groups is 2. The Morgan fingerprint density at radius 1 is 1.03 bits per heavy atom. The molecule has 2 amide bonds. The Hall–Kier alpha value is -1.53. The Balaban J connectivity index is 1.87. The number of carbonyl (C=O) groups excluding carboxylic acids is 2. The van der Waals surface area contributed by atoms with E-state index < -0.39 is 11.8 Å². The molecular weight excluding hydrogens is 614 g/mol. The van der Waals surface area contributed by atoms with E-state index in [0.717, 1.165) is 24.0 Å². The molecule has 1 heterocycles. The van der Waals surface area contributed by atoms with Crippen LogP contribution in [0.4, 0.5) is 0 Å². The maximum Gasteiger partial charge on any atom is 0.265 e. The molecule has 1 fully saturated rings. The Morgan fingerprint density at radius 2 is 1.62 bits per heavy atom. The monoisotopic (exact) mass is 632 g/mol. The molecule has 0 spiro atoms. The Morgan fingerprint density at radius 3 is 2.17 bits per heavy atom. The highest BCUT2D eigenvalue weighted by Gasteiger charge is 2.35. The van der Waals surface area contributed by atoms with Crippen LogP contribution in [0.2, 0.25) is 0 Å². The number of ether oxygens (including phenoxy) is 1. The fraction of sp³-hybridized carbons (Fsp3) is 0.190. The van der Waals surface area contributed by atoms with Crippen molar-refractivity contribution >= 4 is 80.4 Å². The smallest absolute Gasteiger partial charge is 0.265 e. The van der Waals surface area contributed by atoms with Crippen molar-refractivity contribution in [3.8, 4) is 5.75 Å². The molecule has 0 atom stereocenters. The van der Waals surface area contributed by atoms with Crippen molar-refractivity contribution in [2.75, 3.05) is 14.1 Å². The van der Waals surface area contributed by atoms with Gasteiger partial charge in [-0.15, -0.1) is 0 Å². The van der Waals surface area contributed by atoms with E-state index in [-0.39, 0.29) is 10.7 Å². The second kappa shape index (κ2) is 9.09. The summed E-state index contributed by atoms with van der Waals surface area (Å²) in [6.07, 6.45) is 1.61. The van der Waals surface area contributed by atoms with E-state index in [2.05, 4.69) is 64.2 Å². The van der Waals surface area contributed by atoms with Crippen molar-refractivity contribution in [2.45, 2.75) is 13.5 Å². The predicted octanol–water partition coefficient (Wildman–Crippen LogP) is 4.38. The quantitative estimate of drug-likeness (QED) is 0.218. The molecule has 0 aromatic heterocycles. The van der Waals surface area contributed by atoms with Gasteiger partial charge < -0.3 is 4.74 Å². The molecule has 1 aliphatic heterocycles. The van der Waals surface area contributed by atoms with Gasteiger partial charge in [-0.25, -0.2) is 0 Å². The zero-order valence-corrected chi connectivity index (χ0v) is 21.2. The van der Waals surface area contributed by atoms with Crippen LogP contribution in [-0.2, 0) is 16.2 Å². The molecule has 0 unspecified atom stereocenters. The average molecular weight is 632 g/mol. The predicted molar refractivity (Wildman–Crippen MR) is 134 cm³/mol. The zero-order valence-electron chi connectivity index (χ0n) is 16.0. The lowest BCUT2D eigenvalue weighted by atomic mass is 10.1. The molecule has 5 nitrogen and oxygen atoms in total. The van der Waals surface area contributed by atoms with Gasteiger partial charge in [0.1, 0.15) is 17.9 Å². The van der Waals surface area contributed by atoms with E-state index >= 15 is 0 Å². The largest absolute Gasteiger partial charge is 0.487 e. The van der Waals surface area contributed by atoms with Crippen molar-refractivity contribution in [1.29, 1.82) is 0 Å². The molecule has 0 N–H and O–H groups in total. The normalized spacial score (nSPS) is 14.5. The lowest BCUT2D eigenvalue weighted by Crippen LogP contribution is -2.52. The van der Waals surface area contributed by atoms with Crippen LogP contribution in [0.5, 0.6) is 5.75 Å². The average Bonchev–Trinajstić information content (AvgIpc) is 2.67. The first kappa shape index (κ1) is 22.2. The molecular formula is C21H18I2N2O3S. The summed E-state index contributed by atoms with van der Waals surface area (Å²) in [6, 6.07) is 12.0.